The number of likely N-dealkylation sites (tertiary alicyclic amines) is 1. The number of amides is 1. The maximum absolute atomic E-state index is 13.4. The minimum atomic E-state index is -0.969. The second-order valence-electron chi connectivity index (χ2n) is 9.62. The van der Waals surface area contributed by atoms with E-state index in [2.05, 4.69) is 4.90 Å². The molecule has 0 unspecified atom stereocenters. The third kappa shape index (κ3) is 6.05. The van der Waals surface area contributed by atoms with Crippen LogP contribution in [0.25, 0.3) is 5.76 Å². The zero-order valence-electron chi connectivity index (χ0n) is 22.9. The van der Waals surface area contributed by atoms with Crippen molar-refractivity contribution in [3.05, 3.63) is 111 Å². The highest BCUT2D eigenvalue weighted by molar-refractivity contribution is 6.46. The number of nitro benzene ring substituents is 1. The van der Waals surface area contributed by atoms with Gasteiger partial charge in [0.25, 0.3) is 17.4 Å². The number of aliphatic hydroxyl groups is 1. The number of non-ortho nitro benzene ring substituents is 1. The number of aliphatic hydroxyl groups excluding tert-OH is 1. The minimum absolute atomic E-state index is 0.0916. The molecule has 0 bridgehead atoms. The Labute approximate surface area is 233 Å². The summed E-state index contributed by atoms with van der Waals surface area (Å²) in [5.74, 6) is -1.30. The first-order valence-corrected chi connectivity index (χ1v) is 13.3. The van der Waals surface area contributed by atoms with E-state index in [1.165, 1.54) is 23.1 Å². The van der Waals surface area contributed by atoms with Crippen molar-refractivity contribution in [3.8, 4) is 5.75 Å². The molecule has 1 aliphatic heterocycles. The zero-order valence-corrected chi connectivity index (χ0v) is 22.9. The normalized spacial score (nSPS) is 16.5. The van der Waals surface area contributed by atoms with Gasteiger partial charge >= 0.3 is 0 Å². The van der Waals surface area contributed by atoms with Gasteiger partial charge in [0.05, 0.1) is 16.5 Å². The van der Waals surface area contributed by atoms with Crippen molar-refractivity contribution >= 4 is 23.1 Å². The van der Waals surface area contributed by atoms with Crippen molar-refractivity contribution in [2.24, 2.45) is 0 Å². The van der Waals surface area contributed by atoms with Gasteiger partial charge in [0, 0.05) is 30.8 Å². The van der Waals surface area contributed by atoms with Crippen LogP contribution in [0.2, 0.25) is 0 Å². The Morgan fingerprint density at radius 2 is 1.75 bits per heavy atom. The molecule has 1 amide bonds. The van der Waals surface area contributed by atoms with Crippen LogP contribution in [0.15, 0.2) is 78.4 Å². The number of carbonyl (C=O) groups excluding carboxylic acids is 2. The molecular formula is C31H33N3O6. The van der Waals surface area contributed by atoms with Gasteiger partial charge in [0.15, 0.2) is 0 Å². The van der Waals surface area contributed by atoms with Crippen molar-refractivity contribution in [2.45, 2.75) is 33.4 Å². The highest BCUT2D eigenvalue weighted by Gasteiger charge is 2.46. The van der Waals surface area contributed by atoms with E-state index in [1.54, 1.807) is 31.2 Å². The van der Waals surface area contributed by atoms with Crippen molar-refractivity contribution in [3.63, 3.8) is 0 Å². The summed E-state index contributed by atoms with van der Waals surface area (Å²) in [6.07, 6.45) is 0. The van der Waals surface area contributed by atoms with Crippen molar-refractivity contribution in [1.82, 2.24) is 9.80 Å². The SMILES string of the molecule is CCN(CC)CCN1C(=O)C(=O)C(=C(O)c2ccc(OCc3ccccc3)cc2C)[C@@H]1c1cccc([N+](=O)[O-])c1. The fraction of sp³-hybridized carbons (Fsp3) is 0.290. The fourth-order valence-corrected chi connectivity index (χ4v) is 4.93. The number of Topliss-reactive ketones (excluding diaryl/α,β-unsaturated/α-hetero) is 1. The van der Waals surface area contributed by atoms with E-state index >= 15 is 0 Å². The molecule has 1 fully saturated rings. The lowest BCUT2D eigenvalue weighted by Gasteiger charge is -2.28. The number of rotatable bonds is 11. The first kappa shape index (κ1) is 28.5. The molecule has 0 aromatic heterocycles. The summed E-state index contributed by atoms with van der Waals surface area (Å²) >= 11 is 0. The number of nitro groups is 1. The summed E-state index contributed by atoms with van der Waals surface area (Å²) in [5, 5.41) is 23.0. The molecule has 208 valence electrons. The third-order valence-corrected chi connectivity index (χ3v) is 7.19. The Balaban J connectivity index is 1.73. The number of carbonyl (C=O) groups is 2. The van der Waals surface area contributed by atoms with E-state index in [1.807, 2.05) is 44.2 Å². The summed E-state index contributed by atoms with van der Waals surface area (Å²) < 4.78 is 5.89. The Hall–Kier alpha value is -4.50. The van der Waals surface area contributed by atoms with Gasteiger partial charge in [-0.1, -0.05) is 56.3 Å². The number of nitrogens with zero attached hydrogens (tertiary/aromatic N) is 3. The fourth-order valence-electron chi connectivity index (χ4n) is 4.93. The third-order valence-electron chi connectivity index (χ3n) is 7.19. The van der Waals surface area contributed by atoms with Gasteiger partial charge in [-0.05, 0) is 54.9 Å². The molecule has 1 N–H and O–H groups in total. The maximum Gasteiger partial charge on any atom is 0.295 e. The molecule has 1 heterocycles. The first-order chi connectivity index (χ1) is 19.2. The van der Waals surface area contributed by atoms with E-state index in [4.69, 9.17) is 4.74 Å². The van der Waals surface area contributed by atoms with Crippen LogP contribution in [0.4, 0.5) is 5.69 Å². The quantitative estimate of drug-likeness (QED) is 0.116. The predicted molar refractivity (Wildman–Crippen MR) is 152 cm³/mol. The number of likely N-dealkylation sites (N-methyl/N-ethyl adjacent to an activating group) is 1. The number of hydrogen-bond donors (Lipinski definition) is 1. The van der Waals surface area contributed by atoms with Crippen LogP contribution in [0, 0.1) is 17.0 Å². The lowest BCUT2D eigenvalue weighted by atomic mass is 9.93. The van der Waals surface area contributed by atoms with Gasteiger partial charge < -0.3 is 19.6 Å². The molecular weight excluding hydrogens is 510 g/mol. The Morgan fingerprint density at radius 3 is 2.40 bits per heavy atom. The second kappa shape index (κ2) is 12.6. The van der Waals surface area contributed by atoms with Crippen LogP contribution in [0.3, 0.4) is 0 Å². The van der Waals surface area contributed by atoms with Gasteiger partial charge in [-0.25, -0.2) is 0 Å². The molecule has 1 atom stereocenters. The average molecular weight is 544 g/mol. The van der Waals surface area contributed by atoms with Crippen LogP contribution in [-0.4, -0.2) is 57.7 Å². The van der Waals surface area contributed by atoms with Crippen molar-refractivity contribution in [1.29, 1.82) is 0 Å². The van der Waals surface area contributed by atoms with Crippen molar-refractivity contribution < 1.29 is 24.4 Å². The number of benzene rings is 3. The van der Waals surface area contributed by atoms with E-state index in [0.29, 0.717) is 35.6 Å². The zero-order chi connectivity index (χ0) is 28.8. The second-order valence-corrected chi connectivity index (χ2v) is 9.62. The number of ketones is 1. The van der Waals surface area contributed by atoms with Crippen molar-refractivity contribution in [2.75, 3.05) is 26.2 Å². The van der Waals surface area contributed by atoms with Crippen LogP contribution < -0.4 is 4.74 Å². The van der Waals surface area contributed by atoms with Gasteiger partial charge in [-0.2, -0.15) is 0 Å². The minimum Gasteiger partial charge on any atom is -0.507 e. The molecule has 9 heteroatoms. The Kier molecular flexibility index (Phi) is 8.96. The van der Waals surface area contributed by atoms with Gasteiger partial charge in [-0.3, -0.25) is 19.7 Å². The molecule has 1 saturated heterocycles. The van der Waals surface area contributed by atoms with E-state index in [-0.39, 0.29) is 23.6 Å². The summed E-state index contributed by atoms with van der Waals surface area (Å²) in [6, 6.07) is 19.7. The van der Waals surface area contributed by atoms with E-state index in [9.17, 15) is 24.8 Å². The lowest BCUT2D eigenvalue weighted by molar-refractivity contribution is -0.384. The van der Waals surface area contributed by atoms with Crippen LogP contribution >= 0.6 is 0 Å². The van der Waals surface area contributed by atoms with Gasteiger partial charge in [0.2, 0.25) is 0 Å². The van der Waals surface area contributed by atoms with Gasteiger partial charge in [0.1, 0.15) is 18.1 Å². The number of hydrogen-bond acceptors (Lipinski definition) is 7. The highest BCUT2D eigenvalue weighted by Crippen LogP contribution is 2.41. The standard InChI is InChI=1S/C31H33N3O6/c1-4-32(5-2)16-17-33-28(23-12-9-13-24(19-23)34(38)39)27(30(36)31(33)37)29(35)26-15-14-25(18-21(26)3)40-20-22-10-7-6-8-11-22/h6-15,18-19,28,35H,4-5,16-17,20H2,1-3H3/t28-/m0/s1. The van der Waals surface area contributed by atoms with E-state index < -0.39 is 22.7 Å². The van der Waals surface area contributed by atoms with Crippen LogP contribution in [0.1, 0.15) is 42.1 Å². The molecule has 9 nitrogen and oxygen atoms in total. The molecule has 4 rings (SSSR count). The van der Waals surface area contributed by atoms with Crippen LogP contribution in [-0.2, 0) is 16.2 Å². The molecule has 1 aliphatic rings. The topological polar surface area (TPSA) is 113 Å². The molecule has 0 spiro atoms. The molecule has 0 saturated carbocycles. The summed E-state index contributed by atoms with van der Waals surface area (Å²) in [5.41, 5.74) is 2.16. The Bertz CT molecular complexity index is 1430. The Morgan fingerprint density at radius 1 is 1.02 bits per heavy atom. The predicted octanol–water partition coefficient (Wildman–Crippen LogP) is 5.25. The summed E-state index contributed by atoms with van der Waals surface area (Å²) in [7, 11) is 0. The van der Waals surface area contributed by atoms with Gasteiger partial charge in [-0.15, -0.1) is 0 Å². The number of aryl methyl sites for hydroxylation is 1. The molecule has 3 aromatic carbocycles. The lowest BCUT2D eigenvalue weighted by Crippen LogP contribution is -2.38. The average Bonchev–Trinajstić information content (AvgIpc) is 3.22. The maximum atomic E-state index is 13.4. The smallest absolute Gasteiger partial charge is 0.295 e. The van der Waals surface area contributed by atoms with E-state index in [0.717, 1.165) is 18.7 Å². The largest absolute Gasteiger partial charge is 0.507 e. The van der Waals surface area contributed by atoms with Crippen LogP contribution in [0.5, 0.6) is 5.75 Å². The monoisotopic (exact) mass is 543 g/mol. The molecule has 0 radical (unpaired) electrons. The highest BCUT2D eigenvalue weighted by atomic mass is 16.6. The number of ether oxygens (including phenoxy) is 1. The first-order valence-electron chi connectivity index (χ1n) is 13.3. The summed E-state index contributed by atoms with van der Waals surface area (Å²) in [4.78, 5) is 41.1. The summed E-state index contributed by atoms with van der Waals surface area (Å²) in [6.45, 7) is 8.43. The molecule has 3 aromatic rings. The molecule has 0 aliphatic carbocycles. The molecule has 40 heavy (non-hydrogen) atoms.